The van der Waals surface area contributed by atoms with E-state index in [4.69, 9.17) is 28.3 Å². The van der Waals surface area contributed by atoms with Gasteiger partial charge in [-0.25, -0.2) is 8.42 Å². The van der Waals surface area contributed by atoms with Crippen LogP contribution in [0.15, 0.2) is 53.4 Å². The molecule has 0 heterocycles. The first kappa shape index (κ1) is 17.7. The van der Waals surface area contributed by atoms with Gasteiger partial charge in [0.1, 0.15) is 6.54 Å². The lowest BCUT2D eigenvalue weighted by Crippen LogP contribution is -2.35. The van der Waals surface area contributed by atoms with Crippen molar-refractivity contribution in [3.63, 3.8) is 0 Å². The molecule has 0 aliphatic rings. The normalized spacial score (nSPS) is 11.6. The van der Waals surface area contributed by atoms with E-state index in [0.29, 0.717) is 10.6 Å². The first-order valence-electron chi connectivity index (χ1n) is 6.51. The molecule has 0 atom stereocenters. The summed E-state index contributed by atoms with van der Waals surface area (Å²) in [5.41, 5.74) is 0.469. The van der Waals surface area contributed by atoms with Gasteiger partial charge in [0.15, 0.2) is 0 Å². The molecule has 0 unspecified atom stereocenters. The van der Waals surface area contributed by atoms with E-state index < -0.39 is 22.5 Å². The number of hydrogen-bond acceptors (Lipinski definition) is 3. The quantitative estimate of drug-likeness (QED) is 0.842. The summed E-state index contributed by atoms with van der Waals surface area (Å²) in [5, 5.41) is 9.71. The number of carboxylic acids is 1. The average Bonchev–Trinajstić information content (AvgIpc) is 2.49. The third-order valence-electron chi connectivity index (χ3n) is 3.05. The molecular formula is C15H13Cl2NO4S. The Morgan fingerprint density at radius 1 is 1.09 bits per heavy atom. The Kier molecular flexibility index (Phi) is 5.64. The molecule has 2 rings (SSSR count). The van der Waals surface area contributed by atoms with E-state index in [1.165, 1.54) is 18.2 Å². The molecule has 0 amide bonds. The van der Waals surface area contributed by atoms with Crippen LogP contribution in [-0.2, 0) is 21.4 Å². The van der Waals surface area contributed by atoms with Crippen LogP contribution in [0, 0.1) is 0 Å². The highest BCUT2D eigenvalue weighted by Crippen LogP contribution is 2.25. The highest BCUT2D eigenvalue weighted by Gasteiger charge is 2.27. The van der Waals surface area contributed by atoms with E-state index in [1.807, 2.05) is 0 Å². The highest BCUT2D eigenvalue weighted by atomic mass is 35.5. The minimum Gasteiger partial charge on any atom is -0.480 e. The number of carbonyl (C=O) groups is 1. The molecule has 2 aromatic rings. The molecule has 0 aromatic heterocycles. The number of carboxylic acid groups (broad SMARTS) is 1. The first-order chi connectivity index (χ1) is 10.8. The molecule has 23 heavy (non-hydrogen) atoms. The molecule has 8 heteroatoms. The zero-order valence-corrected chi connectivity index (χ0v) is 14.1. The molecule has 5 nitrogen and oxygen atoms in total. The molecule has 2 aromatic carbocycles. The second-order valence-corrected chi connectivity index (χ2v) is 7.50. The van der Waals surface area contributed by atoms with Gasteiger partial charge in [-0.15, -0.1) is 0 Å². The molecular weight excluding hydrogens is 361 g/mol. The summed E-state index contributed by atoms with van der Waals surface area (Å²) in [6, 6.07) is 12.3. The van der Waals surface area contributed by atoms with E-state index in [-0.39, 0.29) is 16.5 Å². The summed E-state index contributed by atoms with van der Waals surface area (Å²) < 4.78 is 26.1. The molecule has 122 valence electrons. The monoisotopic (exact) mass is 373 g/mol. The summed E-state index contributed by atoms with van der Waals surface area (Å²) in [7, 11) is -3.96. The van der Waals surface area contributed by atoms with Gasteiger partial charge in [-0.3, -0.25) is 4.79 Å². The molecule has 0 spiro atoms. The lowest BCUT2D eigenvalue weighted by Gasteiger charge is -2.21. The van der Waals surface area contributed by atoms with Gasteiger partial charge >= 0.3 is 5.97 Å². The van der Waals surface area contributed by atoms with E-state index in [9.17, 15) is 13.2 Å². The topological polar surface area (TPSA) is 74.7 Å². The number of benzene rings is 2. The Morgan fingerprint density at radius 3 is 2.30 bits per heavy atom. The van der Waals surface area contributed by atoms with Crippen molar-refractivity contribution >= 4 is 39.2 Å². The number of hydrogen-bond donors (Lipinski definition) is 1. The van der Waals surface area contributed by atoms with E-state index in [0.717, 1.165) is 4.31 Å². The van der Waals surface area contributed by atoms with Gasteiger partial charge in [-0.1, -0.05) is 47.5 Å². The number of halogens is 2. The number of nitrogens with zero attached hydrogens (tertiary/aromatic N) is 1. The maximum absolute atomic E-state index is 12.6. The second kappa shape index (κ2) is 7.31. The number of sulfonamides is 1. The predicted octanol–water partition coefficient (Wildman–Crippen LogP) is 3.27. The number of aliphatic carboxylic acids is 1. The summed E-state index contributed by atoms with van der Waals surface area (Å²) in [4.78, 5) is 11.1. The molecule has 0 bridgehead atoms. The molecule has 0 saturated carbocycles. The maximum atomic E-state index is 12.6. The maximum Gasteiger partial charge on any atom is 0.318 e. The summed E-state index contributed by atoms with van der Waals surface area (Å²) >= 11 is 11.9. The lowest BCUT2D eigenvalue weighted by molar-refractivity contribution is -0.137. The first-order valence-corrected chi connectivity index (χ1v) is 8.71. The van der Waals surface area contributed by atoms with Crippen molar-refractivity contribution in [2.75, 3.05) is 6.54 Å². The highest BCUT2D eigenvalue weighted by molar-refractivity contribution is 7.89. The number of rotatable bonds is 6. The van der Waals surface area contributed by atoms with Crippen molar-refractivity contribution in [3.05, 3.63) is 64.1 Å². The Labute approximate surface area is 144 Å². The summed E-state index contributed by atoms with van der Waals surface area (Å²) in [5.74, 6) is -1.26. The van der Waals surface area contributed by atoms with Crippen LogP contribution in [0.1, 0.15) is 5.56 Å². The van der Waals surface area contributed by atoms with Crippen LogP contribution in [-0.4, -0.2) is 30.3 Å². The lowest BCUT2D eigenvalue weighted by atomic mass is 10.2. The van der Waals surface area contributed by atoms with Crippen molar-refractivity contribution < 1.29 is 18.3 Å². The largest absolute Gasteiger partial charge is 0.480 e. The zero-order chi connectivity index (χ0) is 17.0. The predicted molar refractivity (Wildman–Crippen MR) is 88.1 cm³/mol. The van der Waals surface area contributed by atoms with Gasteiger partial charge in [0, 0.05) is 16.6 Å². The van der Waals surface area contributed by atoms with E-state index in [1.54, 1.807) is 30.3 Å². The smallest absolute Gasteiger partial charge is 0.318 e. The average molecular weight is 374 g/mol. The third kappa shape index (κ3) is 4.45. The summed E-state index contributed by atoms with van der Waals surface area (Å²) in [6.45, 7) is -0.838. The van der Waals surface area contributed by atoms with Crippen molar-refractivity contribution in [2.24, 2.45) is 0 Å². The van der Waals surface area contributed by atoms with Gasteiger partial charge < -0.3 is 5.11 Å². The van der Waals surface area contributed by atoms with Gasteiger partial charge in [-0.05, 0) is 29.8 Å². The van der Waals surface area contributed by atoms with Crippen molar-refractivity contribution in [1.29, 1.82) is 0 Å². The van der Waals surface area contributed by atoms with Crippen LogP contribution in [0.25, 0.3) is 0 Å². The van der Waals surface area contributed by atoms with Gasteiger partial charge in [0.2, 0.25) is 10.0 Å². The van der Waals surface area contributed by atoms with Gasteiger partial charge in [0.05, 0.1) is 4.90 Å². The van der Waals surface area contributed by atoms with Crippen molar-refractivity contribution in [3.8, 4) is 0 Å². The van der Waals surface area contributed by atoms with Gasteiger partial charge in [0.25, 0.3) is 0 Å². The Balaban J connectivity index is 2.39. The van der Waals surface area contributed by atoms with Crippen molar-refractivity contribution in [1.82, 2.24) is 4.31 Å². The molecule has 0 aliphatic heterocycles. The molecule has 0 aliphatic carbocycles. The van der Waals surface area contributed by atoms with Gasteiger partial charge in [-0.2, -0.15) is 4.31 Å². The fourth-order valence-electron chi connectivity index (χ4n) is 1.96. The summed E-state index contributed by atoms with van der Waals surface area (Å²) in [6.07, 6.45) is 0. The second-order valence-electron chi connectivity index (χ2n) is 4.72. The zero-order valence-electron chi connectivity index (χ0n) is 11.8. The Hall–Kier alpha value is -1.60. The Morgan fingerprint density at radius 2 is 1.74 bits per heavy atom. The van der Waals surface area contributed by atoms with E-state index in [2.05, 4.69) is 0 Å². The van der Waals surface area contributed by atoms with Crippen LogP contribution in [0.3, 0.4) is 0 Å². The molecule has 0 fully saturated rings. The fourth-order valence-corrected chi connectivity index (χ4v) is 3.82. The van der Waals surface area contributed by atoms with Crippen LogP contribution < -0.4 is 0 Å². The van der Waals surface area contributed by atoms with Crippen LogP contribution in [0.4, 0.5) is 0 Å². The Bertz CT molecular complexity index is 809. The standard InChI is InChI=1S/C15H13Cl2NO4S/c16-12-7-6-11(14(17)8-12)9-18(10-15(19)20)23(21,22)13-4-2-1-3-5-13/h1-8H,9-10H2,(H,19,20). The van der Waals surface area contributed by atoms with E-state index >= 15 is 0 Å². The van der Waals surface area contributed by atoms with Crippen molar-refractivity contribution in [2.45, 2.75) is 11.4 Å². The minimum atomic E-state index is -3.96. The molecule has 0 radical (unpaired) electrons. The van der Waals surface area contributed by atoms with Crippen LogP contribution in [0.5, 0.6) is 0 Å². The molecule has 1 N–H and O–H groups in total. The molecule has 0 saturated heterocycles. The van der Waals surface area contributed by atoms with Crippen LogP contribution in [0.2, 0.25) is 10.0 Å². The fraction of sp³-hybridized carbons (Fsp3) is 0.133. The SMILES string of the molecule is O=C(O)CN(Cc1ccc(Cl)cc1Cl)S(=O)(=O)c1ccccc1. The third-order valence-corrected chi connectivity index (χ3v) is 5.45. The van der Waals surface area contributed by atoms with Crippen LogP contribution >= 0.6 is 23.2 Å². The minimum absolute atomic E-state index is 0.0198.